The number of carbonyl (C=O) groups excluding carboxylic acids is 2. The highest BCUT2D eigenvalue weighted by atomic mass is 16.8. The molecule has 6 saturated heterocycles. The van der Waals surface area contributed by atoms with Gasteiger partial charge in [0.15, 0.2) is 49.9 Å². The number of rotatable bonds is 18. The summed E-state index contributed by atoms with van der Waals surface area (Å²) in [6, 6.07) is 0. The SMILES string of the molecule is CC(=O)O[C@@H]1[C@H](O[C@H]2[C@H](O)[C@H](OC(C)=O)[C@H](O[C@H]3[C@H](O)[C@H](O)C(O)O[C@@H]3CO)O[C@@H]2CO)O[C@H](CO)[C@@H](O[C@@H]2O[C@H](CO)[C@@H](O[C@@H]3O[C@H](CO)[C@@H](O[C@@H]4O[C@H](CO)[C@@H](O)[C@H](O)[C@@H]4O)[C@H](O)[C@@H]3O)[C@H](O)[C@@H]2O)[C@@H]1O. The van der Waals surface area contributed by atoms with Crippen molar-refractivity contribution in [2.24, 2.45) is 0 Å². The molecule has 0 aliphatic carbocycles. The van der Waals surface area contributed by atoms with Crippen molar-refractivity contribution in [3.05, 3.63) is 0 Å². The lowest BCUT2D eigenvalue weighted by molar-refractivity contribution is -0.396. The largest absolute Gasteiger partial charge is 0.454 e. The standard InChI is InChI=1S/C40H66O33/c1-9(47)61-33-26(58)31(15(7-45)67-40(33)73-32-16(8-46)68-39(34(27(32)59)62-10(2)48)72-28-12(4-42)63-35(60)22(54)19(28)51)71-38-25(57)21(53)30(14(6-44)66-38)70-37-24(56)20(52)29(13(5-43)65-37)69-36-23(55)18(50)17(49)11(3-41)64-36/h11-46,49-60H,3-8H2,1-2H3/t11-,12-,13-,14-,15-,16-,17-,18+,19-,20-,21-,22+,23+,24+,25+,26+,27+,28-,29-,30-,31-,32-,33+,34+,35?,36+,37+,38+,39+,40+/m1/s1. The van der Waals surface area contributed by atoms with Crippen molar-refractivity contribution in [3.63, 3.8) is 0 Å². The third-order valence-corrected chi connectivity index (χ3v) is 13.0. The Kier molecular flexibility index (Phi) is 21.3. The Hall–Kier alpha value is -2.22. The van der Waals surface area contributed by atoms with Gasteiger partial charge in [0.05, 0.1) is 39.6 Å². The van der Waals surface area contributed by atoms with E-state index in [9.17, 15) is 102 Å². The highest BCUT2D eigenvalue weighted by Crippen LogP contribution is 2.38. The Morgan fingerprint density at radius 2 is 0.562 bits per heavy atom. The van der Waals surface area contributed by atoms with Gasteiger partial charge in [-0.1, -0.05) is 0 Å². The molecule has 0 aromatic heterocycles. The molecule has 0 aromatic carbocycles. The van der Waals surface area contributed by atoms with Crippen LogP contribution in [0.4, 0.5) is 0 Å². The Morgan fingerprint density at radius 1 is 0.301 bits per heavy atom. The molecule has 33 nitrogen and oxygen atoms in total. The van der Waals surface area contributed by atoms with E-state index < -0.39 is 236 Å². The summed E-state index contributed by atoms with van der Waals surface area (Å²) in [5, 5.41) is 190. The maximum Gasteiger partial charge on any atom is 0.303 e. The van der Waals surface area contributed by atoms with Crippen LogP contribution in [0.2, 0.25) is 0 Å². The van der Waals surface area contributed by atoms with Crippen molar-refractivity contribution < 1.29 is 163 Å². The van der Waals surface area contributed by atoms with Gasteiger partial charge in [0.2, 0.25) is 0 Å². The lowest BCUT2D eigenvalue weighted by atomic mass is 9.95. The van der Waals surface area contributed by atoms with Crippen LogP contribution >= 0.6 is 0 Å². The molecule has 18 N–H and O–H groups in total. The second kappa shape index (κ2) is 26.0. The number of aliphatic hydroxyl groups is 18. The van der Waals surface area contributed by atoms with Crippen molar-refractivity contribution in [1.82, 2.24) is 0 Å². The lowest BCUT2D eigenvalue weighted by Crippen LogP contribution is -2.68. The molecule has 0 aromatic rings. The van der Waals surface area contributed by atoms with Crippen LogP contribution in [-0.4, -0.2) is 328 Å². The Morgan fingerprint density at radius 3 is 0.890 bits per heavy atom. The Balaban J connectivity index is 1.14. The molecule has 0 saturated carbocycles. The summed E-state index contributed by atoms with van der Waals surface area (Å²) < 4.78 is 72.3. The first-order chi connectivity index (χ1) is 34.5. The Labute approximate surface area is 412 Å². The van der Waals surface area contributed by atoms with E-state index in [-0.39, 0.29) is 0 Å². The summed E-state index contributed by atoms with van der Waals surface area (Å²) in [5.41, 5.74) is 0. The van der Waals surface area contributed by atoms with E-state index >= 15 is 0 Å². The number of aliphatic hydroxyl groups excluding tert-OH is 18. The van der Waals surface area contributed by atoms with Gasteiger partial charge in [-0.25, -0.2) is 0 Å². The molecule has 73 heavy (non-hydrogen) atoms. The van der Waals surface area contributed by atoms with Crippen molar-refractivity contribution in [1.29, 1.82) is 0 Å². The van der Waals surface area contributed by atoms with Gasteiger partial charge in [-0.05, 0) is 0 Å². The molecule has 0 bridgehead atoms. The monoisotopic (exact) mass is 1070 g/mol. The molecular weight excluding hydrogens is 1010 g/mol. The molecule has 33 heteroatoms. The predicted octanol–water partition coefficient (Wildman–Crippen LogP) is -13.0. The third kappa shape index (κ3) is 12.9. The second-order valence-corrected chi connectivity index (χ2v) is 17.9. The van der Waals surface area contributed by atoms with E-state index in [1.807, 2.05) is 0 Å². The number of esters is 2. The average Bonchev–Trinajstić information content (AvgIpc) is 3.36. The molecule has 424 valence electrons. The smallest absolute Gasteiger partial charge is 0.303 e. The van der Waals surface area contributed by atoms with Crippen LogP contribution in [0.1, 0.15) is 13.8 Å². The molecule has 0 amide bonds. The van der Waals surface area contributed by atoms with Crippen LogP contribution in [0.25, 0.3) is 0 Å². The number of carbonyl (C=O) groups is 2. The van der Waals surface area contributed by atoms with E-state index in [1.54, 1.807) is 0 Å². The quantitative estimate of drug-likeness (QED) is 0.0567. The van der Waals surface area contributed by atoms with E-state index in [2.05, 4.69) is 0 Å². The minimum Gasteiger partial charge on any atom is -0.454 e. The summed E-state index contributed by atoms with van der Waals surface area (Å²) in [4.78, 5) is 24.7. The van der Waals surface area contributed by atoms with E-state index in [0.717, 1.165) is 13.8 Å². The van der Waals surface area contributed by atoms with Crippen molar-refractivity contribution >= 4 is 11.9 Å². The zero-order valence-corrected chi connectivity index (χ0v) is 38.7. The molecule has 6 rings (SSSR count). The van der Waals surface area contributed by atoms with E-state index in [0.29, 0.717) is 0 Å². The zero-order chi connectivity index (χ0) is 53.9. The fourth-order valence-corrected chi connectivity index (χ4v) is 9.13. The number of hydrogen-bond acceptors (Lipinski definition) is 33. The first-order valence-corrected chi connectivity index (χ1v) is 22.9. The van der Waals surface area contributed by atoms with Crippen LogP contribution < -0.4 is 0 Å². The maximum atomic E-state index is 12.4. The Bertz CT molecular complexity index is 1730. The van der Waals surface area contributed by atoms with Crippen LogP contribution in [0.15, 0.2) is 0 Å². The molecule has 30 atom stereocenters. The predicted molar refractivity (Wildman–Crippen MR) is 218 cm³/mol. The van der Waals surface area contributed by atoms with Gasteiger partial charge in [-0.2, -0.15) is 0 Å². The lowest BCUT2D eigenvalue weighted by Gasteiger charge is -2.50. The minimum atomic E-state index is -2.22. The fraction of sp³-hybridized carbons (Fsp3) is 0.950. The zero-order valence-electron chi connectivity index (χ0n) is 38.7. The number of ether oxygens (including phenoxy) is 13. The third-order valence-electron chi connectivity index (χ3n) is 13.0. The first kappa shape index (κ1) is 60.0. The van der Waals surface area contributed by atoms with Crippen LogP contribution in [-0.2, 0) is 71.2 Å². The normalized spacial score (nSPS) is 49.8. The van der Waals surface area contributed by atoms with E-state index in [4.69, 9.17) is 61.6 Å². The van der Waals surface area contributed by atoms with Gasteiger partial charge in [0, 0.05) is 13.8 Å². The van der Waals surface area contributed by atoms with Crippen LogP contribution in [0.3, 0.4) is 0 Å². The van der Waals surface area contributed by atoms with Crippen molar-refractivity contribution in [2.75, 3.05) is 39.6 Å². The molecule has 6 aliphatic heterocycles. The average molecular weight is 1070 g/mol. The molecule has 6 fully saturated rings. The van der Waals surface area contributed by atoms with Crippen molar-refractivity contribution in [2.45, 2.75) is 198 Å². The summed E-state index contributed by atoms with van der Waals surface area (Å²) in [5.74, 6) is -2.15. The highest BCUT2D eigenvalue weighted by Gasteiger charge is 2.59. The maximum absolute atomic E-state index is 12.4. The minimum absolute atomic E-state index is 0.842. The highest BCUT2D eigenvalue weighted by molar-refractivity contribution is 5.66. The number of hydrogen-bond donors (Lipinski definition) is 18. The van der Waals surface area contributed by atoms with Gasteiger partial charge >= 0.3 is 11.9 Å². The summed E-state index contributed by atoms with van der Waals surface area (Å²) in [6.07, 6.45) is -57.3. The van der Waals surface area contributed by atoms with Gasteiger partial charge < -0.3 is 153 Å². The second-order valence-electron chi connectivity index (χ2n) is 17.9. The van der Waals surface area contributed by atoms with Gasteiger partial charge in [0.25, 0.3) is 0 Å². The van der Waals surface area contributed by atoms with Crippen molar-refractivity contribution in [3.8, 4) is 0 Å². The van der Waals surface area contributed by atoms with Crippen LogP contribution in [0, 0.1) is 0 Å². The fourth-order valence-electron chi connectivity index (χ4n) is 9.13. The summed E-state index contributed by atoms with van der Waals surface area (Å²) in [7, 11) is 0. The molecule has 6 heterocycles. The van der Waals surface area contributed by atoms with Gasteiger partial charge in [0.1, 0.15) is 134 Å². The topological polar surface area (TPSA) is 518 Å². The molecule has 6 aliphatic rings. The molecule has 1 unspecified atom stereocenters. The molecule has 0 spiro atoms. The van der Waals surface area contributed by atoms with Gasteiger partial charge in [-0.3, -0.25) is 9.59 Å². The van der Waals surface area contributed by atoms with Gasteiger partial charge in [-0.15, -0.1) is 0 Å². The molecular formula is C40H66O33. The van der Waals surface area contributed by atoms with Crippen LogP contribution in [0.5, 0.6) is 0 Å². The first-order valence-electron chi connectivity index (χ1n) is 22.9. The summed E-state index contributed by atoms with van der Waals surface area (Å²) in [6.45, 7) is -4.07. The van der Waals surface area contributed by atoms with E-state index in [1.165, 1.54) is 0 Å². The molecule has 0 radical (unpaired) electrons. The summed E-state index contributed by atoms with van der Waals surface area (Å²) >= 11 is 0.